The first-order chi connectivity index (χ1) is 14.8. The van der Waals surface area contributed by atoms with Gasteiger partial charge in [-0.05, 0) is 54.4 Å². The van der Waals surface area contributed by atoms with Crippen LogP contribution in [-0.2, 0) is 19.1 Å². The number of amides is 2. The molecular formula is C22H19F3N4O2. The number of hydrogen-bond acceptors (Lipinski definition) is 4. The van der Waals surface area contributed by atoms with Gasteiger partial charge in [0, 0.05) is 36.7 Å². The highest BCUT2D eigenvalue weighted by molar-refractivity contribution is 6.03. The summed E-state index contributed by atoms with van der Waals surface area (Å²) in [6.07, 6.45) is -2.26. The summed E-state index contributed by atoms with van der Waals surface area (Å²) in [5, 5.41) is 2.54. The van der Waals surface area contributed by atoms with E-state index in [-0.39, 0.29) is 5.69 Å². The molecule has 9 heteroatoms. The highest BCUT2D eigenvalue weighted by Crippen LogP contribution is 2.34. The maximum Gasteiger partial charge on any atom is 0.416 e. The minimum absolute atomic E-state index is 0.0848. The summed E-state index contributed by atoms with van der Waals surface area (Å²) < 4.78 is 44.5. The Morgan fingerprint density at radius 3 is 2.71 bits per heavy atom. The molecule has 1 aliphatic rings. The second-order valence-corrected chi connectivity index (χ2v) is 6.99. The number of halogens is 3. The van der Waals surface area contributed by atoms with Crippen molar-refractivity contribution in [2.24, 2.45) is 5.73 Å². The minimum atomic E-state index is -4.48. The zero-order valence-corrected chi connectivity index (χ0v) is 16.3. The van der Waals surface area contributed by atoms with Crippen LogP contribution in [-0.4, -0.2) is 17.6 Å². The zero-order valence-electron chi connectivity index (χ0n) is 16.3. The maximum absolute atomic E-state index is 12.9. The van der Waals surface area contributed by atoms with E-state index in [1.54, 1.807) is 30.5 Å². The highest BCUT2D eigenvalue weighted by atomic mass is 19.4. The molecule has 3 N–H and O–H groups in total. The van der Waals surface area contributed by atoms with E-state index >= 15 is 0 Å². The summed E-state index contributed by atoms with van der Waals surface area (Å²) >= 11 is 0. The van der Waals surface area contributed by atoms with Crippen LogP contribution in [0.15, 0.2) is 60.8 Å². The molecule has 2 aromatic carbocycles. The van der Waals surface area contributed by atoms with Gasteiger partial charge in [-0.2, -0.15) is 13.2 Å². The number of pyridine rings is 1. The average Bonchev–Trinajstić information content (AvgIpc) is 3.17. The Labute approximate surface area is 176 Å². The van der Waals surface area contributed by atoms with Crippen molar-refractivity contribution in [3.63, 3.8) is 0 Å². The molecule has 0 spiro atoms. The van der Waals surface area contributed by atoms with E-state index in [1.165, 1.54) is 17.0 Å². The molecule has 0 saturated carbocycles. The molecule has 31 heavy (non-hydrogen) atoms. The third-order valence-electron chi connectivity index (χ3n) is 4.87. The molecule has 0 radical (unpaired) electrons. The van der Waals surface area contributed by atoms with Gasteiger partial charge >= 0.3 is 12.2 Å². The Morgan fingerprint density at radius 1 is 1.13 bits per heavy atom. The molecule has 2 amide bonds. The van der Waals surface area contributed by atoms with Gasteiger partial charge in [0.1, 0.15) is 11.5 Å². The number of nitrogens with two attached hydrogens (primary N) is 1. The first-order valence-corrected chi connectivity index (χ1v) is 9.55. The zero-order chi connectivity index (χ0) is 22.0. The summed E-state index contributed by atoms with van der Waals surface area (Å²) in [6.45, 7) is 0.716. The van der Waals surface area contributed by atoms with E-state index in [2.05, 4.69) is 10.3 Å². The summed E-state index contributed by atoms with van der Waals surface area (Å²) in [7, 11) is 0. The van der Waals surface area contributed by atoms with E-state index in [1.807, 2.05) is 6.07 Å². The van der Waals surface area contributed by atoms with Gasteiger partial charge in [-0.15, -0.1) is 0 Å². The number of nitrogens with zero attached hydrogens (tertiary/aromatic N) is 2. The van der Waals surface area contributed by atoms with Gasteiger partial charge in [-0.3, -0.25) is 9.88 Å². The SMILES string of the molecule is NCc1cc(Oc2ccc3c(c2)CCN3C(=O)Nc2cccc(C(F)(F)F)c2)ccn1. The van der Waals surface area contributed by atoms with Crippen molar-refractivity contribution in [1.82, 2.24) is 4.98 Å². The lowest BCUT2D eigenvalue weighted by Crippen LogP contribution is -2.33. The Balaban J connectivity index is 1.48. The Hall–Kier alpha value is -3.59. The number of alkyl halides is 3. The van der Waals surface area contributed by atoms with Gasteiger partial charge in [0.25, 0.3) is 0 Å². The quantitative estimate of drug-likeness (QED) is 0.617. The Morgan fingerprint density at radius 2 is 1.94 bits per heavy atom. The monoisotopic (exact) mass is 428 g/mol. The number of urea groups is 1. The molecule has 0 atom stereocenters. The standard InChI is InChI=1S/C22H19F3N4O2/c23-22(24,25)15-2-1-3-16(11-15)28-21(30)29-9-7-14-10-18(4-5-20(14)29)31-19-6-8-27-17(12-19)13-26/h1-6,8,10-12H,7,9,13,26H2,(H,28,30). The lowest BCUT2D eigenvalue weighted by atomic mass is 10.1. The Bertz CT molecular complexity index is 1120. The van der Waals surface area contributed by atoms with Crippen LogP contribution in [0.1, 0.15) is 16.8 Å². The van der Waals surface area contributed by atoms with Crippen molar-refractivity contribution in [1.29, 1.82) is 0 Å². The van der Waals surface area contributed by atoms with Crippen molar-refractivity contribution < 1.29 is 22.7 Å². The average molecular weight is 428 g/mol. The lowest BCUT2D eigenvalue weighted by molar-refractivity contribution is -0.137. The van der Waals surface area contributed by atoms with E-state index in [9.17, 15) is 18.0 Å². The topological polar surface area (TPSA) is 80.5 Å². The van der Waals surface area contributed by atoms with Gasteiger partial charge in [0.2, 0.25) is 0 Å². The van der Waals surface area contributed by atoms with Crippen LogP contribution >= 0.6 is 0 Å². The molecule has 6 nitrogen and oxygen atoms in total. The number of carbonyl (C=O) groups excluding carboxylic acids is 1. The number of hydrogen-bond donors (Lipinski definition) is 2. The van der Waals surface area contributed by atoms with E-state index < -0.39 is 17.8 Å². The van der Waals surface area contributed by atoms with Gasteiger partial charge < -0.3 is 15.8 Å². The number of fused-ring (bicyclic) bond motifs is 1. The predicted molar refractivity (Wildman–Crippen MR) is 110 cm³/mol. The minimum Gasteiger partial charge on any atom is -0.457 e. The van der Waals surface area contributed by atoms with Crippen LogP contribution in [0.3, 0.4) is 0 Å². The molecule has 2 heterocycles. The van der Waals surface area contributed by atoms with Crippen LogP contribution in [0.4, 0.5) is 29.3 Å². The first kappa shape index (κ1) is 20.7. The van der Waals surface area contributed by atoms with Crippen LogP contribution < -0.4 is 20.7 Å². The van der Waals surface area contributed by atoms with Crippen LogP contribution in [0, 0.1) is 0 Å². The molecule has 4 rings (SSSR count). The molecule has 0 aliphatic carbocycles. The van der Waals surface area contributed by atoms with E-state index in [0.717, 1.165) is 17.7 Å². The summed E-state index contributed by atoms with van der Waals surface area (Å²) in [5.74, 6) is 1.21. The maximum atomic E-state index is 12.9. The number of carbonyl (C=O) groups is 1. The molecule has 0 bridgehead atoms. The van der Waals surface area contributed by atoms with Crippen LogP contribution in [0.5, 0.6) is 11.5 Å². The van der Waals surface area contributed by atoms with Crippen LogP contribution in [0.2, 0.25) is 0 Å². The highest BCUT2D eigenvalue weighted by Gasteiger charge is 2.31. The summed E-state index contributed by atoms with van der Waals surface area (Å²) in [6, 6.07) is 12.9. The molecular weight excluding hydrogens is 409 g/mol. The fraction of sp³-hybridized carbons (Fsp3) is 0.182. The third-order valence-corrected chi connectivity index (χ3v) is 4.87. The van der Waals surface area contributed by atoms with Gasteiger partial charge in [0.05, 0.1) is 11.3 Å². The summed E-state index contributed by atoms with van der Waals surface area (Å²) in [5.41, 5.74) is 7.17. The molecule has 0 saturated heterocycles. The molecule has 0 fully saturated rings. The largest absolute Gasteiger partial charge is 0.457 e. The van der Waals surface area contributed by atoms with Gasteiger partial charge in [-0.1, -0.05) is 6.07 Å². The number of benzene rings is 2. The molecule has 160 valence electrons. The van der Waals surface area contributed by atoms with Crippen molar-refractivity contribution >= 4 is 17.4 Å². The fourth-order valence-corrected chi connectivity index (χ4v) is 3.38. The Kier molecular flexibility index (Phi) is 5.51. The normalized spacial score (nSPS) is 13.1. The molecule has 1 aliphatic heterocycles. The van der Waals surface area contributed by atoms with Crippen molar-refractivity contribution in [3.8, 4) is 11.5 Å². The smallest absolute Gasteiger partial charge is 0.416 e. The fourth-order valence-electron chi connectivity index (χ4n) is 3.38. The molecule has 3 aromatic rings. The molecule has 0 unspecified atom stereocenters. The second kappa shape index (κ2) is 8.27. The number of nitrogens with one attached hydrogen (secondary N) is 1. The molecule has 1 aromatic heterocycles. The first-order valence-electron chi connectivity index (χ1n) is 9.55. The number of rotatable bonds is 4. The number of anilines is 2. The second-order valence-electron chi connectivity index (χ2n) is 6.99. The van der Waals surface area contributed by atoms with Crippen molar-refractivity contribution in [2.75, 3.05) is 16.8 Å². The number of ether oxygens (including phenoxy) is 1. The van der Waals surface area contributed by atoms with Crippen molar-refractivity contribution in [2.45, 2.75) is 19.1 Å². The van der Waals surface area contributed by atoms with Gasteiger partial charge in [0.15, 0.2) is 0 Å². The van der Waals surface area contributed by atoms with Crippen LogP contribution in [0.25, 0.3) is 0 Å². The third kappa shape index (κ3) is 4.61. The van der Waals surface area contributed by atoms with Gasteiger partial charge in [-0.25, -0.2) is 4.79 Å². The predicted octanol–water partition coefficient (Wildman–Crippen LogP) is 4.95. The summed E-state index contributed by atoms with van der Waals surface area (Å²) in [4.78, 5) is 18.3. The number of aromatic nitrogens is 1. The van der Waals surface area contributed by atoms with E-state index in [4.69, 9.17) is 10.5 Å². The van der Waals surface area contributed by atoms with E-state index in [0.29, 0.717) is 42.4 Å². The van der Waals surface area contributed by atoms with Crippen molar-refractivity contribution in [3.05, 3.63) is 77.6 Å². The lowest BCUT2D eigenvalue weighted by Gasteiger charge is -2.19.